The predicted octanol–water partition coefficient (Wildman–Crippen LogP) is -0.128. The summed E-state index contributed by atoms with van der Waals surface area (Å²) in [5, 5.41) is 2.50. The molecule has 0 aliphatic carbocycles. The maximum absolute atomic E-state index is 11.8. The van der Waals surface area contributed by atoms with Gasteiger partial charge in [-0.25, -0.2) is 4.98 Å². The van der Waals surface area contributed by atoms with Crippen LogP contribution < -0.4 is 11.1 Å². The van der Waals surface area contributed by atoms with E-state index < -0.39 is 0 Å². The third kappa shape index (κ3) is 3.75. The summed E-state index contributed by atoms with van der Waals surface area (Å²) in [5.41, 5.74) is 6.31. The lowest BCUT2D eigenvalue weighted by molar-refractivity contribution is -0.120. The van der Waals surface area contributed by atoms with Crippen LogP contribution in [-0.4, -0.2) is 42.3 Å². The summed E-state index contributed by atoms with van der Waals surface area (Å²) in [7, 11) is 3.19. The lowest BCUT2D eigenvalue weighted by Crippen LogP contribution is -2.31. The van der Waals surface area contributed by atoms with Crippen molar-refractivity contribution in [3.63, 3.8) is 0 Å². The molecule has 0 unspecified atom stereocenters. The summed E-state index contributed by atoms with van der Waals surface area (Å²) in [4.78, 5) is 28.3. The summed E-state index contributed by atoms with van der Waals surface area (Å²) in [6.45, 7) is 0.352. The highest BCUT2D eigenvalue weighted by molar-refractivity contribution is 5.92. The van der Waals surface area contributed by atoms with Gasteiger partial charge in [0.15, 0.2) is 0 Å². The quantitative estimate of drug-likeness (QED) is 0.762. The van der Waals surface area contributed by atoms with E-state index in [-0.39, 0.29) is 18.2 Å². The molecule has 0 fully saturated rings. The van der Waals surface area contributed by atoms with Crippen molar-refractivity contribution < 1.29 is 9.59 Å². The van der Waals surface area contributed by atoms with Crippen molar-refractivity contribution in [1.29, 1.82) is 0 Å². The van der Waals surface area contributed by atoms with Crippen LogP contribution in [0.5, 0.6) is 0 Å². The minimum atomic E-state index is -0.228. The van der Waals surface area contributed by atoms with E-state index in [0.717, 1.165) is 0 Å². The van der Waals surface area contributed by atoms with E-state index in [4.69, 9.17) is 5.73 Å². The second-order valence-electron chi connectivity index (χ2n) is 3.63. The Hall–Kier alpha value is -2.11. The van der Waals surface area contributed by atoms with Crippen LogP contribution in [0.4, 0.5) is 5.69 Å². The third-order valence-electron chi connectivity index (χ3n) is 2.31. The van der Waals surface area contributed by atoms with Gasteiger partial charge in [-0.2, -0.15) is 0 Å². The lowest BCUT2D eigenvalue weighted by Gasteiger charge is -2.15. The fraction of sp³-hybridized carbons (Fsp3) is 0.364. The minimum Gasteiger partial charge on any atom is -0.397 e. The predicted molar refractivity (Wildman–Crippen MR) is 64.3 cm³/mol. The fourth-order valence-corrected chi connectivity index (χ4v) is 1.22. The lowest BCUT2D eigenvalue weighted by atomic mass is 10.3. The largest absolute Gasteiger partial charge is 0.397 e. The van der Waals surface area contributed by atoms with E-state index >= 15 is 0 Å². The zero-order valence-electron chi connectivity index (χ0n) is 9.93. The van der Waals surface area contributed by atoms with Crippen LogP contribution in [0.15, 0.2) is 18.3 Å². The number of carbonyl (C=O) groups is 2. The van der Waals surface area contributed by atoms with Crippen LogP contribution >= 0.6 is 0 Å². The number of hydrogen-bond donors (Lipinski definition) is 2. The van der Waals surface area contributed by atoms with E-state index in [2.05, 4.69) is 10.3 Å². The fourth-order valence-electron chi connectivity index (χ4n) is 1.22. The van der Waals surface area contributed by atoms with Gasteiger partial charge < -0.3 is 16.0 Å². The van der Waals surface area contributed by atoms with Gasteiger partial charge in [0.1, 0.15) is 5.69 Å². The molecule has 1 heterocycles. The molecule has 0 saturated carbocycles. The molecule has 6 heteroatoms. The van der Waals surface area contributed by atoms with Crippen molar-refractivity contribution in [1.82, 2.24) is 15.2 Å². The third-order valence-corrected chi connectivity index (χ3v) is 2.31. The summed E-state index contributed by atoms with van der Waals surface area (Å²) < 4.78 is 0. The van der Waals surface area contributed by atoms with Gasteiger partial charge in [-0.1, -0.05) is 0 Å². The SMILES string of the molecule is CNC(=O)CCN(C)C(=O)c1ccc(N)cn1. The van der Waals surface area contributed by atoms with Crippen LogP contribution in [0.2, 0.25) is 0 Å². The van der Waals surface area contributed by atoms with Gasteiger partial charge in [0.25, 0.3) is 5.91 Å². The highest BCUT2D eigenvalue weighted by atomic mass is 16.2. The Morgan fingerprint density at radius 2 is 2.18 bits per heavy atom. The molecule has 0 saturated heterocycles. The van der Waals surface area contributed by atoms with Crippen LogP contribution in [0.25, 0.3) is 0 Å². The smallest absolute Gasteiger partial charge is 0.272 e. The molecule has 2 amide bonds. The molecule has 1 aromatic rings. The van der Waals surface area contributed by atoms with E-state index in [1.165, 1.54) is 11.1 Å². The summed E-state index contributed by atoms with van der Waals surface area (Å²) >= 11 is 0. The molecule has 0 aromatic carbocycles. The molecule has 0 radical (unpaired) electrons. The Kier molecular flexibility index (Phi) is 4.45. The van der Waals surface area contributed by atoms with Crippen molar-refractivity contribution in [2.75, 3.05) is 26.4 Å². The molecule has 0 aliphatic heterocycles. The number of hydrogen-bond acceptors (Lipinski definition) is 4. The van der Waals surface area contributed by atoms with Gasteiger partial charge in [-0.3, -0.25) is 9.59 Å². The molecule has 0 aliphatic rings. The molecule has 0 spiro atoms. The maximum Gasteiger partial charge on any atom is 0.272 e. The van der Waals surface area contributed by atoms with Gasteiger partial charge in [0.05, 0.1) is 11.9 Å². The van der Waals surface area contributed by atoms with Gasteiger partial charge in [-0.05, 0) is 12.1 Å². The first-order valence-electron chi connectivity index (χ1n) is 5.22. The van der Waals surface area contributed by atoms with Gasteiger partial charge >= 0.3 is 0 Å². The molecule has 1 rings (SSSR count). The van der Waals surface area contributed by atoms with Crippen molar-refractivity contribution in [3.8, 4) is 0 Å². The zero-order valence-corrected chi connectivity index (χ0v) is 9.93. The monoisotopic (exact) mass is 236 g/mol. The van der Waals surface area contributed by atoms with Crippen molar-refractivity contribution in [3.05, 3.63) is 24.0 Å². The standard InChI is InChI=1S/C11H16N4O2/c1-13-10(16)5-6-15(2)11(17)9-4-3-8(12)7-14-9/h3-4,7H,5-6,12H2,1-2H3,(H,13,16). The van der Waals surface area contributed by atoms with Crippen LogP contribution in [0.3, 0.4) is 0 Å². The molecule has 1 aromatic heterocycles. The van der Waals surface area contributed by atoms with Crippen molar-refractivity contribution >= 4 is 17.5 Å². The first kappa shape index (κ1) is 13.0. The highest BCUT2D eigenvalue weighted by Crippen LogP contribution is 2.04. The van der Waals surface area contributed by atoms with Crippen molar-refractivity contribution in [2.24, 2.45) is 0 Å². The first-order chi connectivity index (χ1) is 8.04. The molecule has 3 N–H and O–H groups in total. The molecule has 92 valence electrons. The number of aromatic nitrogens is 1. The normalized spacial score (nSPS) is 9.76. The Bertz CT molecular complexity index is 402. The number of nitrogens with one attached hydrogen (secondary N) is 1. The highest BCUT2D eigenvalue weighted by Gasteiger charge is 2.13. The van der Waals surface area contributed by atoms with E-state index in [1.807, 2.05) is 0 Å². The number of nitrogens with zero attached hydrogens (tertiary/aromatic N) is 2. The number of nitrogens with two attached hydrogens (primary N) is 1. The number of pyridine rings is 1. The average Bonchev–Trinajstić information content (AvgIpc) is 2.35. The second kappa shape index (κ2) is 5.83. The molecular formula is C11H16N4O2. The Morgan fingerprint density at radius 1 is 1.47 bits per heavy atom. The van der Waals surface area contributed by atoms with Crippen LogP contribution in [-0.2, 0) is 4.79 Å². The second-order valence-corrected chi connectivity index (χ2v) is 3.63. The summed E-state index contributed by atoms with van der Waals surface area (Å²) in [5.74, 6) is -0.330. The number of amides is 2. The summed E-state index contributed by atoms with van der Waals surface area (Å²) in [6.07, 6.45) is 1.70. The summed E-state index contributed by atoms with van der Waals surface area (Å²) in [6, 6.07) is 3.18. The first-order valence-corrected chi connectivity index (χ1v) is 5.22. The molecule has 0 atom stereocenters. The van der Waals surface area contributed by atoms with Crippen molar-refractivity contribution in [2.45, 2.75) is 6.42 Å². The Labute approximate surface area is 99.8 Å². The number of nitrogen functional groups attached to an aromatic ring is 1. The minimum absolute atomic E-state index is 0.102. The maximum atomic E-state index is 11.8. The van der Waals surface area contributed by atoms with E-state index in [1.54, 1.807) is 26.2 Å². The number of carbonyl (C=O) groups excluding carboxylic acids is 2. The van der Waals surface area contributed by atoms with Crippen LogP contribution in [0, 0.1) is 0 Å². The van der Waals surface area contributed by atoms with E-state index in [0.29, 0.717) is 17.9 Å². The van der Waals surface area contributed by atoms with Gasteiger partial charge in [0, 0.05) is 27.1 Å². The average molecular weight is 236 g/mol. The Balaban J connectivity index is 2.57. The zero-order chi connectivity index (χ0) is 12.8. The number of rotatable bonds is 4. The van der Waals surface area contributed by atoms with Gasteiger partial charge in [0.2, 0.25) is 5.91 Å². The molecule has 17 heavy (non-hydrogen) atoms. The Morgan fingerprint density at radius 3 is 2.71 bits per heavy atom. The number of anilines is 1. The molecule has 6 nitrogen and oxygen atoms in total. The van der Waals surface area contributed by atoms with E-state index in [9.17, 15) is 9.59 Å². The van der Waals surface area contributed by atoms with Gasteiger partial charge in [-0.15, -0.1) is 0 Å². The van der Waals surface area contributed by atoms with Crippen LogP contribution in [0.1, 0.15) is 16.9 Å². The molecular weight excluding hydrogens is 220 g/mol. The topological polar surface area (TPSA) is 88.3 Å². The molecule has 0 bridgehead atoms.